The van der Waals surface area contributed by atoms with Crippen molar-refractivity contribution < 1.29 is 22.7 Å². The molecule has 0 amide bonds. The summed E-state index contributed by atoms with van der Waals surface area (Å²) < 4.78 is 40.5. The smallest absolute Gasteiger partial charge is 0.335 e. The number of hydrogen-bond acceptors (Lipinski definition) is 4. The Kier molecular flexibility index (Phi) is 5.06. The highest BCUT2D eigenvalue weighted by molar-refractivity contribution is 7.89. The molecule has 3 rings (SSSR count). The van der Waals surface area contributed by atoms with Gasteiger partial charge in [-0.05, 0) is 42.7 Å². The fourth-order valence-corrected chi connectivity index (χ4v) is 5.00. The molecule has 1 N–H and O–H groups in total. The molecule has 0 bridgehead atoms. The molecule has 1 aromatic carbocycles. The zero-order chi connectivity index (χ0) is 18.9. The maximum atomic E-state index is 13.1. The largest absolute Gasteiger partial charge is 0.478 e. The van der Waals surface area contributed by atoms with E-state index >= 15 is 0 Å². The van der Waals surface area contributed by atoms with Gasteiger partial charge in [-0.3, -0.25) is 4.98 Å². The number of halogens is 1. The Balaban J connectivity index is 1.90. The van der Waals surface area contributed by atoms with Gasteiger partial charge >= 0.3 is 5.97 Å². The van der Waals surface area contributed by atoms with E-state index in [-0.39, 0.29) is 22.9 Å². The van der Waals surface area contributed by atoms with Gasteiger partial charge in [0.1, 0.15) is 5.82 Å². The van der Waals surface area contributed by atoms with E-state index in [1.807, 2.05) is 6.92 Å². The molecule has 1 aromatic heterocycles. The number of sulfonamides is 1. The van der Waals surface area contributed by atoms with Crippen LogP contribution in [0.1, 0.15) is 40.9 Å². The summed E-state index contributed by atoms with van der Waals surface area (Å²) in [5.41, 5.74) is 1.18. The van der Waals surface area contributed by atoms with Crippen molar-refractivity contribution in [2.24, 2.45) is 0 Å². The van der Waals surface area contributed by atoms with Crippen LogP contribution in [0.4, 0.5) is 4.39 Å². The van der Waals surface area contributed by atoms with Crippen LogP contribution in [0.25, 0.3) is 0 Å². The van der Waals surface area contributed by atoms with E-state index < -0.39 is 21.8 Å². The van der Waals surface area contributed by atoms with Gasteiger partial charge in [0.05, 0.1) is 16.7 Å². The molecule has 2 heterocycles. The Morgan fingerprint density at radius 3 is 2.73 bits per heavy atom. The highest BCUT2D eigenvalue weighted by Gasteiger charge is 2.35. The topological polar surface area (TPSA) is 87.6 Å². The van der Waals surface area contributed by atoms with Gasteiger partial charge in [-0.1, -0.05) is 13.0 Å². The van der Waals surface area contributed by atoms with Crippen molar-refractivity contribution in [3.8, 4) is 0 Å². The standard InChI is InChI=1S/C18H19FN2O4S/c1-2-12-3-4-13(18(22)23)9-17(12)26(24,25)21-8-7-14(11-21)16-6-5-15(19)10-20-16/h3-6,9-10,14H,2,7-8,11H2,1H3,(H,22,23). The summed E-state index contributed by atoms with van der Waals surface area (Å²) in [4.78, 5) is 15.3. The van der Waals surface area contributed by atoms with Crippen molar-refractivity contribution in [3.05, 3.63) is 59.2 Å². The summed E-state index contributed by atoms with van der Waals surface area (Å²) in [5.74, 6) is -1.72. The maximum absolute atomic E-state index is 13.1. The molecule has 1 aliphatic heterocycles. The molecule has 1 atom stereocenters. The molecule has 6 nitrogen and oxygen atoms in total. The normalized spacial score (nSPS) is 18.2. The van der Waals surface area contributed by atoms with Gasteiger partial charge in [0.15, 0.2) is 0 Å². The van der Waals surface area contributed by atoms with Crippen LogP contribution >= 0.6 is 0 Å². The molecule has 1 aliphatic rings. The summed E-state index contributed by atoms with van der Waals surface area (Å²) in [7, 11) is -3.82. The number of aryl methyl sites for hydroxylation is 1. The first kappa shape index (κ1) is 18.5. The highest BCUT2D eigenvalue weighted by atomic mass is 32.2. The lowest BCUT2D eigenvalue weighted by Crippen LogP contribution is -2.29. The SMILES string of the molecule is CCc1ccc(C(=O)O)cc1S(=O)(=O)N1CCC(c2ccc(F)cn2)C1. The first-order valence-electron chi connectivity index (χ1n) is 8.30. The first-order chi connectivity index (χ1) is 12.3. The van der Waals surface area contributed by atoms with Crippen LogP contribution in [0, 0.1) is 5.82 Å². The fourth-order valence-electron chi connectivity index (χ4n) is 3.18. The molecule has 26 heavy (non-hydrogen) atoms. The van der Waals surface area contributed by atoms with Crippen molar-refractivity contribution in [1.29, 1.82) is 0 Å². The van der Waals surface area contributed by atoms with Gasteiger partial charge in [-0.15, -0.1) is 0 Å². The van der Waals surface area contributed by atoms with E-state index in [1.165, 1.54) is 22.5 Å². The lowest BCUT2D eigenvalue weighted by Gasteiger charge is -2.19. The summed E-state index contributed by atoms with van der Waals surface area (Å²) in [6.07, 6.45) is 2.18. The molecule has 1 unspecified atom stereocenters. The Morgan fingerprint density at radius 2 is 2.12 bits per heavy atom. The predicted molar refractivity (Wildman–Crippen MR) is 93.1 cm³/mol. The summed E-state index contributed by atoms with van der Waals surface area (Å²) in [6, 6.07) is 7.06. The molecule has 8 heteroatoms. The third-order valence-electron chi connectivity index (χ3n) is 4.63. The summed E-state index contributed by atoms with van der Waals surface area (Å²) >= 11 is 0. The number of pyridine rings is 1. The first-order valence-corrected chi connectivity index (χ1v) is 9.74. The van der Waals surface area contributed by atoms with E-state index in [0.717, 1.165) is 6.20 Å². The number of aromatic carboxylic acids is 1. The molecule has 138 valence electrons. The van der Waals surface area contributed by atoms with Crippen LogP contribution in [0.3, 0.4) is 0 Å². The molecule has 1 fully saturated rings. The molecule has 0 saturated carbocycles. The Labute approximate surface area is 151 Å². The van der Waals surface area contributed by atoms with Crippen LogP contribution < -0.4 is 0 Å². The van der Waals surface area contributed by atoms with Crippen molar-refractivity contribution in [3.63, 3.8) is 0 Å². The van der Waals surface area contributed by atoms with Gasteiger partial charge in [0, 0.05) is 24.7 Å². The van der Waals surface area contributed by atoms with Crippen LogP contribution in [0.5, 0.6) is 0 Å². The zero-order valence-electron chi connectivity index (χ0n) is 14.2. The third kappa shape index (κ3) is 3.47. The van der Waals surface area contributed by atoms with Crippen LogP contribution in [0.15, 0.2) is 41.4 Å². The summed E-state index contributed by atoms with van der Waals surface area (Å²) in [5, 5.41) is 9.17. The van der Waals surface area contributed by atoms with E-state index in [1.54, 1.807) is 12.1 Å². The van der Waals surface area contributed by atoms with E-state index in [9.17, 15) is 17.6 Å². The molecule has 0 aliphatic carbocycles. The number of benzene rings is 1. The second kappa shape index (κ2) is 7.13. The van der Waals surface area contributed by atoms with Crippen LogP contribution in [-0.4, -0.2) is 41.9 Å². The average Bonchev–Trinajstić information content (AvgIpc) is 3.12. The zero-order valence-corrected chi connectivity index (χ0v) is 15.0. The Bertz CT molecular complexity index is 929. The Morgan fingerprint density at radius 1 is 1.35 bits per heavy atom. The molecular weight excluding hydrogens is 359 g/mol. The average molecular weight is 378 g/mol. The lowest BCUT2D eigenvalue weighted by atomic mass is 10.0. The van der Waals surface area contributed by atoms with Crippen LogP contribution in [0.2, 0.25) is 0 Å². The number of carbonyl (C=O) groups is 1. The predicted octanol–water partition coefficient (Wildman–Crippen LogP) is 2.66. The summed E-state index contributed by atoms with van der Waals surface area (Å²) in [6.45, 7) is 2.37. The van der Waals surface area contributed by atoms with Gasteiger partial charge in [-0.25, -0.2) is 17.6 Å². The maximum Gasteiger partial charge on any atom is 0.335 e. The van der Waals surface area contributed by atoms with Crippen LogP contribution in [-0.2, 0) is 16.4 Å². The lowest BCUT2D eigenvalue weighted by molar-refractivity contribution is 0.0696. The molecule has 2 aromatic rings. The fraction of sp³-hybridized carbons (Fsp3) is 0.333. The Hall–Kier alpha value is -2.32. The number of aromatic nitrogens is 1. The minimum Gasteiger partial charge on any atom is -0.478 e. The number of hydrogen-bond donors (Lipinski definition) is 1. The minimum absolute atomic E-state index is 0.0348. The van der Waals surface area contributed by atoms with E-state index in [2.05, 4.69) is 4.98 Å². The van der Waals surface area contributed by atoms with Gasteiger partial charge in [0.25, 0.3) is 0 Å². The van der Waals surface area contributed by atoms with Crippen molar-refractivity contribution >= 4 is 16.0 Å². The van der Waals surface area contributed by atoms with Gasteiger partial charge in [-0.2, -0.15) is 4.31 Å². The third-order valence-corrected chi connectivity index (χ3v) is 6.58. The molecular formula is C18H19FN2O4S. The minimum atomic E-state index is -3.82. The van der Waals surface area contributed by atoms with Crippen molar-refractivity contribution in [2.45, 2.75) is 30.6 Å². The quantitative estimate of drug-likeness (QED) is 0.864. The number of rotatable bonds is 5. The number of carboxylic acid groups (broad SMARTS) is 1. The number of carboxylic acids is 1. The van der Waals surface area contributed by atoms with Gasteiger partial charge in [0.2, 0.25) is 10.0 Å². The van der Waals surface area contributed by atoms with Crippen molar-refractivity contribution in [2.75, 3.05) is 13.1 Å². The van der Waals surface area contributed by atoms with Gasteiger partial charge < -0.3 is 5.11 Å². The van der Waals surface area contributed by atoms with Crippen molar-refractivity contribution in [1.82, 2.24) is 9.29 Å². The highest BCUT2D eigenvalue weighted by Crippen LogP contribution is 2.31. The second-order valence-corrected chi connectivity index (χ2v) is 8.14. The molecule has 0 radical (unpaired) electrons. The number of nitrogens with zero attached hydrogens (tertiary/aromatic N) is 2. The van der Waals surface area contributed by atoms with E-state index in [4.69, 9.17) is 5.11 Å². The van der Waals surface area contributed by atoms with E-state index in [0.29, 0.717) is 30.6 Å². The molecule has 1 saturated heterocycles. The second-order valence-electron chi connectivity index (χ2n) is 6.23. The molecule has 0 spiro atoms. The monoisotopic (exact) mass is 378 g/mol.